The highest BCUT2D eigenvalue weighted by Gasteiger charge is 2.46. The molecule has 3 fully saturated rings. The number of carbonyl (C=O) groups excluding carboxylic acids is 7. The number of pyridine rings is 1. The zero-order chi connectivity index (χ0) is 56.7. The number of anilines is 1. The van der Waals surface area contributed by atoms with Crippen LogP contribution in [0, 0.1) is 20.8 Å². The number of amides is 7. The Balaban J connectivity index is 0.722. The van der Waals surface area contributed by atoms with Crippen molar-refractivity contribution in [2.45, 2.75) is 91.4 Å². The van der Waals surface area contributed by atoms with E-state index in [9.17, 15) is 38.4 Å². The van der Waals surface area contributed by atoms with Crippen LogP contribution in [-0.2, 0) is 51.2 Å². The molecular formula is C59H74N8O13. The number of nitrogens with one attached hydrogen (secondary N) is 4. The molecule has 1 aromatic heterocycles. The number of ether oxygens (including phenoxy) is 5. The van der Waals surface area contributed by atoms with Gasteiger partial charge in [-0.2, -0.15) is 0 Å². The topological polar surface area (TPSA) is 248 Å². The molecule has 21 heteroatoms. The summed E-state index contributed by atoms with van der Waals surface area (Å²) in [6, 6.07) is 18.2. The molecule has 0 spiro atoms. The van der Waals surface area contributed by atoms with Gasteiger partial charge in [0.25, 0.3) is 23.3 Å². The fraction of sp³-hybridized carbons (Fsp3) is 0.492. The number of aryl methyl sites for hydroxylation is 2. The molecule has 7 amide bonds. The van der Waals surface area contributed by atoms with Gasteiger partial charge in [-0.15, -0.1) is 0 Å². The fourth-order valence-corrected chi connectivity index (χ4v) is 10.7. The standard InChI is InChI=1S/C59H74N8O13/c1-5-66(49-35-43(42-11-9-41(10-12-42)37-64-22-27-78-28-23-64)34-46(40(49)4)55(71)61-36-47-38(2)33-39(3)62-56(47)72)44-15-20-65(21-16-44)53(70)18-25-77-30-32-79-31-29-76-24-17-51(68)60-19-26-80-50-8-6-7-45-54(50)59(75)67(58(45)74)48-13-14-52(69)63-57(48)73/h6-12,33-35,44,48H,5,13-32,36-37H2,1-4H3,(H,60,68)(H,61,71)(H,62,72)(H,63,69,73). The molecule has 0 saturated carbocycles. The maximum Gasteiger partial charge on any atom is 0.266 e. The molecule has 8 rings (SSSR count). The van der Waals surface area contributed by atoms with Gasteiger partial charge in [0.15, 0.2) is 0 Å². The van der Waals surface area contributed by atoms with Crippen molar-refractivity contribution >= 4 is 47.0 Å². The number of imide groups is 2. The third kappa shape index (κ3) is 14.9. The first-order valence-electron chi connectivity index (χ1n) is 27.7. The van der Waals surface area contributed by atoms with Crippen molar-refractivity contribution in [1.29, 1.82) is 0 Å². The second-order valence-electron chi connectivity index (χ2n) is 20.4. The Morgan fingerprint density at radius 3 is 2.15 bits per heavy atom. The number of H-pyrrole nitrogens is 1. The number of aromatic nitrogens is 1. The van der Waals surface area contributed by atoms with E-state index in [1.54, 1.807) is 6.07 Å². The van der Waals surface area contributed by atoms with Crippen LogP contribution in [0.4, 0.5) is 5.69 Å². The van der Waals surface area contributed by atoms with Gasteiger partial charge in [0, 0.05) is 87.2 Å². The second-order valence-corrected chi connectivity index (χ2v) is 20.4. The van der Waals surface area contributed by atoms with E-state index in [1.807, 2.05) is 37.8 Å². The number of aromatic amines is 1. The minimum absolute atomic E-state index is 0.0146. The van der Waals surface area contributed by atoms with Gasteiger partial charge >= 0.3 is 0 Å². The molecular weight excluding hydrogens is 1030 g/mol. The van der Waals surface area contributed by atoms with E-state index in [4.69, 9.17) is 23.7 Å². The van der Waals surface area contributed by atoms with Crippen LogP contribution in [0.25, 0.3) is 11.1 Å². The molecule has 0 bridgehead atoms. The lowest BCUT2D eigenvalue weighted by Gasteiger charge is -2.40. The van der Waals surface area contributed by atoms with Gasteiger partial charge in [0.05, 0.1) is 76.9 Å². The molecule has 3 saturated heterocycles. The van der Waals surface area contributed by atoms with E-state index in [0.717, 1.165) is 84.2 Å². The summed E-state index contributed by atoms with van der Waals surface area (Å²) in [7, 11) is 0. The van der Waals surface area contributed by atoms with Crippen LogP contribution in [0.15, 0.2) is 65.5 Å². The average molecular weight is 1100 g/mol. The number of hydrogen-bond donors (Lipinski definition) is 4. The third-order valence-electron chi connectivity index (χ3n) is 15.0. The zero-order valence-corrected chi connectivity index (χ0v) is 46.3. The first-order valence-corrected chi connectivity index (χ1v) is 27.7. The smallest absolute Gasteiger partial charge is 0.266 e. The van der Waals surface area contributed by atoms with Gasteiger partial charge in [-0.25, -0.2) is 0 Å². The van der Waals surface area contributed by atoms with Crippen molar-refractivity contribution in [3.63, 3.8) is 0 Å². The summed E-state index contributed by atoms with van der Waals surface area (Å²) in [4.78, 5) is 113. The number of carbonyl (C=O) groups is 7. The number of fused-ring (bicyclic) bond motifs is 1. The molecule has 5 heterocycles. The summed E-state index contributed by atoms with van der Waals surface area (Å²) in [5.41, 5.74) is 7.51. The van der Waals surface area contributed by atoms with Gasteiger partial charge in [0.2, 0.25) is 23.6 Å². The minimum atomic E-state index is -1.09. The molecule has 4 aliphatic heterocycles. The second kappa shape index (κ2) is 28.2. The molecule has 4 N–H and O–H groups in total. The molecule has 1 unspecified atom stereocenters. The van der Waals surface area contributed by atoms with Crippen molar-refractivity contribution in [1.82, 2.24) is 35.6 Å². The van der Waals surface area contributed by atoms with E-state index in [-0.39, 0.29) is 111 Å². The number of hydrogen-bond acceptors (Lipinski definition) is 15. The van der Waals surface area contributed by atoms with Crippen LogP contribution in [-0.4, -0.2) is 172 Å². The lowest BCUT2D eigenvalue weighted by Crippen LogP contribution is -2.54. The maximum absolute atomic E-state index is 14.1. The van der Waals surface area contributed by atoms with Crippen LogP contribution < -0.4 is 31.1 Å². The highest BCUT2D eigenvalue weighted by atomic mass is 16.5. The van der Waals surface area contributed by atoms with Crippen LogP contribution in [0.2, 0.25) is 0 Å². The van der Waals surface area contributed by atoms with Gasteiger partial charge in [-0.05, 0) is 105 Å². The Hall–Kier alpha value is -7.30. The van der Waals surface area contributed by atoms with E-state index >= 15 is 0 Å². The maximum atomic E-state index is 14.1. The minimum Gasteiger partial charge on any atom is -0.491 e. The summed E-state index contributed by atoms with van der Waals surface area (Å²) in [5, 5.41) is 7.94. The van der Waals surface area contributed by atoms with Crippen molar-refractivity contribution in [2.24, 2.45) is 0 Å². The first-order chi connectivity index (χ1) is 38.7. The van der Waals surface area contributed by atoms with E-state index in [0.29, 0.717) is 50.6 Å². The number of nitrogens with zero attached hydrogens (tertiary/aromatic N) is 4. The van der Waals surface area contributed by atoms with Crippen LogP contribution in [0.5, 0.6) is 5.75 Å². The monoisotopic (exact) mass is 1100 g/mol. The molecule has 4 aliphatic rings. The summed E-state index contributed by atoms with van der Waals surface area (Å²) in [6.45, 7) is 15.7. The first kappa shape index (κ1) is 58.8. The number of rotatable bonds is 26. The zero-order valence-electron chi connectivity index (χ0n) is 46.3. The predicted octanol–water partition coefficient (Wildman–Crippen LogP) is 3.97. The third-order valence-corrected chi connectivity index (χ3v) is 15.0. The number of piperidine rings is 2. The van der Waals surface area contributed by atoms with Gasteiger partial charge in [-0.3, -0.25) is 53.5 Å². The highest BCUT2D eigenvalue weighted by Crippen LogP contribution is 2.36. The highest BCUT2D eigenvalue weighted by molar-refractivity contribution is 6.24. The Morgan fingerprint density at radius 1 is 0.762 bits per heavy atom. The Kier molecular flexibility index (Phi) is 20.8. The molecule has 4 aromatic rings. The molecule has 3 aromatic carbocycles. The Morgan fingerprint density at radius 2 is 1.46 bits per heavy atom. The number of benzene rings is 3. The number of likely N-dealkylation sites (tertiary alicyclic amines) is 1. The van der Waals surface area contributed by atoms with Crippen LogP contribution >= 0.6 is 0 Å². The number of morpholine rings is 1. The molecule has 0 radical (unpaired) electrons. The summed E-state index contributed by atoms with van der Waals surface area (Å²) >= 11 is 0. The normalized spacial score (nSPS) is 16.9. The van der Waals surface area contributed by atoms with Gasteiger partial charge in [-0.1, -0.05) is 30.3 Å². The Bertz CT molecular complexity index is 2950. The average Bonchev–Trinajstić information content (AvgIpc) is 3.92. The molecule has 80 heavy (non-hydrogen) atoms. The quantitative estimate of drug-likeness (QED) is 0.0513. The summed E-state index contributed by atoms with van der Waals surface area (Å²) < 4.78 is 28.2. The SMILES string of the molecule is CCN(c1cc(-c2ccc(CN3CCOCC3)cc2)cc(C(=O)NCc2c(C)cc(C)[nH]c2=O)c1C)C1CCN(C(=O)CCOCCOCCOCCC(=O)NCCOc2cccc3c2C(=O)N(C2CCC(=O)NC2=O)C3=O)CC1. The van der Waals surface area contributed by atoms with E-state index < -0.39 is 29.7 Å². The van der Waals surface area contributed by atoms with Gasteiger partial charge in [0.1, 0.15) is 18.4 Å². The van der Waals surface area contributed by atoms with Crippen molar-refractivity contribution in [2.75, 3.05) is 104 Å². The van der Waals surface area contributed by atoms with Crippen molar-refractivity contribution in [3.05, 3.63) is 116 Å². The van der Waals surface area contributed by atoms with Crippen LogP contribution in [0.3, 0.4) is 0 Å². The lowest BCUT2D eigenvalue weighted by atomic mass is 9.94. The summed E-state index contributed by atoms with van der Waals surface area (Å²) in [6.07, 6.45) is 1.92. The van der Waals surface area contributed by atoms with E-state index in [1.165, 1.54) is 17.7 Å². The van der Waals surface area contributed by atoms with Crippen molar-refractivity contribution < 1.29 is 57.2 Å². The largest absolute Gasteiger partial charge is 0.491 e. The molecule has 428 valence electrons. The lowest BCUT2D eigenvalue weighted by molar-refractivity contribution is -0.136. The van der Waals surface area contributed by atoms with Crippen molar-refractivity contribution in [3.8, 4) is 16.9 Å². The molecule has 0 aliphatic carbocycles. The molecule has 1 atom stereocenters. The van der Waals surface area contributed by atoms with Gasteiger partial charge < -0.3 is 49.1 Å². The Labute approximate surface area is 465 Å². The van der Waals surface area contributed by atoms with Crippen LogP contribution in [0.1, 0.15) is 104 Å². The fourth-order valence-electron chi connectivity index (χ4n) is 10.7. The summed E-state index contributed by atoms with van der Waals surface area (Å²) in [5.74, 6) is -2.81. The molecule has 21 nitrogen and oxygen atoms in total. The van der Waals surface area contributed by atoms with E-state index in [2.05, 4.69) is 68.0 Å². The predicted molar refractivity (Wildman–Crippen MR) is 296 cm³/mol.